The molecule has 1 aliphatic rings. The van der Waals surface area contributed by atoms with Gasteiger partial charge in [0.2, 0.25) is 5.91 Å². The molecule has 0 radical (unpaired) electrons. The summed E-state index contributed by atoms with van der Waals surface area (Å²) in [6, 6.07) is 7.64. The van der Waals surface area contributed by atoms with Gasteiger partial charge < -0.3 is 10.4 Å². The third-order valence-corrected chi connectivity index (χ3v) is 3.21. The summed E-state index contributed by atoms with van der Waals surface area (Å²) < 4.78 is 0. The summed E-state index contributed by atoms with van der Waals surface area (Å²) >= 11 is 0. The molecule has 3 nitrogen and oxygen atoms in total. The summed E-state index contributed by atoms with van der Waals surface area (Å²) in [5.74, 6) is 0.00301. The molecule has 0 spiro atoms. The molecule has 0 bridgehead atoms. The summed E-state index contributed by atoms with van der Waals surface area (Å²) in [5.41, 5.74) is 2.14. The molecular weight excluding hydrogens is 226 g/mol. The number of benzene rings is 1. The quantitative estimate of drug-likeness (QED) is 0.841. The summed E-state index contributed by atoms with van der Waals surface area (Å²) in [6.45, 7) is 6.10. The van der Waals surface area contributed by atoms with Crippen LogP contribution >= 0.6 is 0 Å². The van der Waals surface area contributed by atoms with E-state index >= 15 is 0 Å². The standard InChI is InChI=1S/C15H21NO2/c1-15(2,3)9-13(18)16-14-11-7-5-4-6-10(11)8-12(14)17/h4-7,12,14,17H,8-9H2,1-3H3,(H,16,18). The Labute approximate surface area is 108 Å². The minimum atomic E-state index is -0.508. The summed E-state index contributed by atoms with van der Waals surface area (Å²) in [6.07, 6.45) is 0.584. The maximum Gasteiger partial charge on any atom is 0.221 e. The Balaban J connectivity index is 2.08. The van der Waals surface area contributed by atoms with E-state index in [2.05, 4.69) is 5.32 Å². The van der Waals surface area contributed by atoms with E-state index < -0.39 is 6.10 Å². The van der Waals surface area contributed by atoms with Gasteiger partial charge in [-0.3, -0.25) is 4.79 Å². The summed E-state index contributed by atoms with van der Waals surface area (Å²) in [4.78, 5) is 11.9. The van der Waals surface area contributed by atoms with E-state index in [1.54, 1.807) is 0 Å². The van der Waals surface area contributed by atoms with Gasteiger partial charge >= 0.3 is 0 Å². The topological polar surface area (TPSA) is 49.3 Å². The van der Waals surface area contributed by atoms with Gasteiger partial charge in [-0.05, 0) is 16.5 Å². The van der Waals surface area contributed by atoms with Crippen LogP contribution in [-0.4, -0.2) is 17.1 Å². The van der Waals surface area contributed by atoms with Gasteiger partial charge in [-0.2, -0.15) is 0 Å². The fourth-order valence-corrected chi connectivity index (χ4v) is 2.45. The molecule has 1 aliphatic carbocycles. The Kier molecular flexibility index (Phi) is 3.44. The first-order valence-electron chi connectivity index (χ1n) is 6.42. The normalized spacial score (nSPS) is 22.7. The van der Waals surface area contributed by atoms with E-state index in [1.807, 2.05) is 45.0 Å². The lowest BCUT2D eigenvalue weighted by atomic mass is 9.91. The molecule has 0 saturated carbocycles. The van der Waals surface area contributed by atoms with E-state index in [9.17, 15) is 9.90 Å². The Hall–Kier alpha value is -1.35. The Morgan fingerprint density at radius 3 is 2.72 bits per heavy atom. The number of amides is 1. The lowest BCUT2D eigenvalue weighted by Gasteiger charge is -2.22. The average molecular weight is 247 g/mol. The van der Waals surface area contributed by atoms with Crippen LogP contribution in [0.2, 0.25) is 0 Å². The van der Waals surface area contributed by atoms with Gasteiger partial charge in [0.05, 0.1) is 12.1 Å². The Morgan fingerprint density at radius 1 is 1.39 bits per heavy atom. The number of aliphatic hydroxyl groups excluding tert-OH is 1. The zero-order valence-corrected chi connectivity index (χ0v) is 11.2. The number of carbonyl (C=O) groups is 1. The molecule has 1 aromatic rings. The van der Waals surface area contributed by atoms with Gasteiger partial charge in [0.25, 0.3) is 0 Å². The zero-order valence-electron chi connectivity index (χ0n) is 11.2. The number of hydrogen-bond donors (Lipinski definition) is 2. The second kappa shape index (κ2) is 4.73. The van der Waals surface area contributed by atoms with Crippen molar-refractivity contribution in [3.63, 3.8) is 0 Å². The molecule has 98 valence electrons. The van der Waals surface area contributed by atoms with Crippen LogP contribution in [0.5, 0.6) is 0 Å². The second-order valence-corrected chi connectivity index (χ2v) is 6.25. The minimum Gasteiger partial charge on any atom is -0.390 e. The van der Waals surface area contributed by atoms with Crippen molar-refractivity contribution in [1.29, 1.82) is 0 Å². The predicted octanol–water partition coefficient (Wildman–Crippen LogP) is 2.20. The first kappa shape index (κ1) is 13.1. The van der Waals surface area contributed by atoms with Crippen molar-refractivity contribution in [2.45, 2.75) is 45.8 Å². The summed E-state index contributed by atoms with van der Waals surface area (Å²) in [7, 11) is 0. The molecule has 3 heteroatoms. The molecule has 0 fully saturated rings. The smallest absolute Gasteiger partial charge is 0.221 e. The van der Waals surface area contributed by atoms with Crippen LogP contribution in [0.4, 0.5) is 0 Å². The number of nitrogens with one attached hydrogen (secondary N) is 1. The van der Waals surface area contributed by atoms with Crippen molar-refractivity contribution in [1.82, 2.24) is 5.32 Å². The Morgan fingerprint density at radius 2 is 2.06 bits per heavy atom. The first-order valence-corrected chi connectivity index (χ1v) is 6.42. The predicted molar refractivity (Wildman–Crippen MR) is 71.1 cm³/mol. The highest BCUT2D eigenvalue weighted by molar-refractivity contribution is 5.77. The number of hydrogen-bond acceptors (Lipinski definition) is 2. The average Bonchev–Trinajstić information content (AvgIpc) is 2.53. The molecule has 18 heavy (non-hydrogen) atoms. The maximum absolute atomic E-state index is 11.9. The van der Waals surface area contributed by atoms with Crippen molar-refractivity contribution in [2.75, 3.05) is 0 Å². The van der Waals surface area contributed by atoms with Gasteiger partial charge in [0, 0.05) is 12.8 Å². The molecule has 1 aromatic carbocycles. The highest BCUT2D eigenvalue weighted by Gasteiger charge is 2.32. The fourth-order valence-electron chi connectivity index (χ4n) is 2.45. The van der Waals surface area contributed by atoms with Crippen molar-refractivity contribution >= 4 is 5.91 Å². The van der Waals surface area contributed by atoms with E-state index in [0.717, 1.165) is 11.1 Å². The lowest BCUT2D eigenvalue weighted by Crippen LogP contribution is -2.35. The van der Waals surface area contributed by atoms with Crippen molar-refractivity contribution < 1.29 is 9.90 Å². The van der Waals surface area contributed by atoms with E-state index in [4.69, 9.17) is 0 Å². The lowest BCUT2D eigenvalue weighted by molar-refractivity contribution is -0.124. The van der Waals surface area contributed by atoms with Gasteiger partial charge in [0.15, 0.2) is 0 Å². The number of fused-ring (bicyclic) bond motifs is 1. The van der Waals surface area contributed by atoms with Crippen LogP contribution in [0, 0.1) is 5.41 Å². The monoisotopic (exact) mass is 247 g/mol. The van der Waals surface area contributed by atoms with Crippen molar-refractivity contribution in [3.05, 3.63) is 35.4 Å². The molecule has 2 atom stereocenters. The molecule has 1 amide bonds. The van der Waals surface area contributed by atoms with Crippen LogP contribution in [0.1, 0.15) is 44.4 Å². The van der Waals surface area contributed by atoms with Crippen molar-refractivity contribution in [2.24, 2.45) is 5.41 Å². The third-order valence-electron chi connectivity index (χ3n) is 3.21. The van der Waals surface area contributed by atoms with E-state index in [-0.39, 0.29) is 17.4 Å². The molecule has 0 aliphatic heterocycles. The van der Waals surface area contributed by atoms with Gasteiger partial charge in [-0.1, -0.05) is 45.0 Å². The summed E-state index contributed by atoms with van der Waals surface area (Å²) in [5, 5.41) is 13.0. The van der Waals surface area contributed by atoms with E-state index in [1.165, 1.54) is 0 Å². The van der Waals surface area contributed by atoms with Crippen LogP contribution in [0.3, 0.4) is 0 Å². The highest BCUT2D eigenvalue weighted by Crippen LogP contribution is 2.31. The Bertz CT molecular complexity index is 448. The first-order chi connectivity index (χ1) is 8.37. The van der Waals surface area contributed by atoms with Crippen LogP contribution in [-0.2, 0) is 11.2 Å². The molecule has 0 saturated heterocycles. The molecule has 0 aromatic heterocycles. The number of carbonyl (C=O) groups excluding carboxylic acids is 1. The van der Waals surface area contributed by atoms with Crippen molar-refractivity contribution in [3.8, 4) is 0 Å². The zero-order chi connectivity index (χ0) is 13.3. The second-order valence-electron chi connectivity index (χ2n) is 6.25. The minimum absolute atomic E-state index is 0.00301. The molecular formula is C15H21NO2. The van der Waals surface area contributed by atoms with Gasteiger partial charge in [-0.15, -0.1) is 0 Å². The number of rotatable bonds is 2. The molecule has 2 unspecified atom stereocenters. The van der Waals surface area contributed by atoms with Gasteiger partial charge in [-0.25, -0.2) is 0 Å². The number of aliphatic hydroxyl groups is 1. The largest absolute Gasteiger partial charge is 0.390 e. The SMILES string of the molecule is CC(C)(C)CC(=O)NC1c2ccccc2CC1O. The molecule has 2 rings (SSSR count). The highest BCUT2D eigenvalue weighted by atomic mass is 16.3. The van der Waals surface area contributed by atoms with Crippen LogP contribution in [0.25, 0.3) is 0 Å². The fraction of sp³-hybridized carbons (Fsp3) is 0.533. The maximum atomic E-state index is 11.9. The third kappa shape index (κ3) is 2.91. The van der Waals surface area contributed by atoms with Crippen LogP contribution < -0.4 is 5.32 Å². The van der Waals surface area contributed by atoms with Crippen LogP contribution in [0.15, 0.2) is 24.3 Å². The van der Waals surface area contributed by atoms with Gasteiger partial charge in [0.1, 0.15) is 0 Å². The molecule has 2 N–H and O–H groups in total. The molecule has 0 heterocycles. The van der Waals surface area contributed by atoms with E-state index in [0.29, 0.717) is 12.8 Å².